The zero-order valence-corrected chi connectivity index (χ0v) is 34.6. The van der Waals surface area contributed by atoms with Crippen molar-refractivity contribution >= 4 is 82.0 Å². The van der Waals surface area contributed by atoms with Gasteiger partial charge >= 0.3 is 0 Å². The van der Waals surface area contributed by atoms with Crippen molar-refractivity contribution in [1.82, 2.24) is 4.57 Å². The molecule has 0 aliphatic heterocycles. The summed E-state index contributed by atoms with van der Waals surface area (Å²) in [6.45, 7) is 4.71. The highest BCUT2D eigenvalue weighted by Gasteiger charge is 2.35. The molecule has 56 heavy (non-hydrogen) atoms. The predicted octanol–water partition coefficient (Wildman–Crippen LogP) is 15.8. The van der Waals surface area contributed by atoms with Crippen LogP contribution in [0.4, 0.5) is 17.1 Å². The number of hydrogen-bond donors (Lipinski definition) is 0. The first kappa shape index (κ1) is 35.0. The van der Waals surface area contributed by atoms with E-state index in [0.29, 0.717) is 0 Å². The average molecular weight is 853 g/mol. The molecule has 0 amide bonds. The van der Waals surface area contributed by atoms with Crippen LogP contribution in [-0.4, -0.2) is 4.57 Å². The molecule has 1 heterocycles. The SMILES string of the molecule is CC1(C)c2ccccc2-c2ccc(N(c3ccc(C4=CCCC=C4)cc3)c3ccc(-c4ccc5c6ccccc6n(C6=CC(Br)=CC(Br)=CC6)c5c4)cc3)cc21. The van der Waals surface area contributed by atoms with E-state index < -0.39 is 0 Å². The molecule has 272 valence electrons. The number of rotatable bonds is 6. The van der Waals surface area contributed by atoms with E-state index in [0.717, 1.165) is 45.3 Å². The Hall–Kier alpha value is -5.42. The molecular formula is C52H40Br2N2. The van der Waals surface area contributed by atoms with Crippen molar-refractivity contribution in [3.05, 3.63) is 196 Å². The molecule has 0 bridgehead atoms. The summed E-state index contributed by atoms with van der Waals surface area (Å²) in [5.41, 5.74) is 17.3. The second kappa shape index (κ2) is 14.0. The summed E-state index contributed by atoms with van der Waals surface area (Å²) in [5, 5.41) is 2.51. The average Bonchev–Trinajstić information content (AvgIpc) is 3.60. The van der Waals surface area contributed by atoms with Gasteiger partial charge in [0.2, 0.25) is 0 Å². The van der Waals surface area contributed by atoms with E-state index in [4.69, 9.17) is 0 Å². The van der Waals surface area contributed by atoms with Crippen molar-refractivity contribution in [2.75, 3.05) is 4.90 Å². The van der Waals surface area contributed by atoms with Gasteiger partial charge in [-0.3, -0.25) is 0 Å². The lowest BCUT2D eigenvalue weighted by atomic mass is 9.82. The Morgan fingerprint density at radius 2 is 1.23 bits per heavy atom. The summed E-state index contributed by atoms with van der Waals surface area (Å²) < 4.78 is 4.55. The molecule has 6 aromatic carbocycles. The Kier molecular flexibility index (Phi) is 8.73. The standard InChI is InChI=1S/C52H40Br2N2/c1-52(2)48-14-8-6-12-44(48)45-29-27-43(33-49(45)52)55(40-22-16-35(17-23-40)34-10-4-3-5-11-34)41-24-18-36(19-25-41)37-20-28-47-46-13-7-9-15-50(46)56(51(47)30-37)42-26-21-38(53)31-39(54)32-42/h4,6-25,27-33H,3,5,26H2,1-2H3. The van der Waals surface area contributed by atoms with E-state index in [2.05, 4.69) is 225 Å². The van der Waals surface area contributed by atoms with Crippen molar-refractivity contribution in [3.8, 4) is 22.3 Å². The first-order valence-corrected chi connectivity index (χ1v) is 21.0. The van der Waals surface area contributed by atoms with Gasteiger partial charge in [-0.05, 0) is 118 Å². The first-order chi connectivity index (χ1) is 27.3. The minimum atomic E-state index is -0.0891. The molecule has 2 nitrogen and oxygen atoms in total. The molecule has 3 aliphatic carbocycles. The van der Waals surface area contributed by atoms with Crippen LogP contribution in [0.5, 0.6) is 0 Å². The number of benzene rings is 6. The zero-order valence-electron chi connectivity index (χ0n) is 31.4. The molecule has 7 aromatic rings. The van der Waals surface area contributed by atoms with Gasteiger partial charge in [0, 0.05) is 54.3 Å². The predicted molar refractivity (Wildman–Crippen MR) is 246 cm³/mol. The largest absolute Gasteiger partial charge is 0.313 e. The summed E-state index contributed by atoms with van der Waals surface area (Å²) in [6.07, 6.45) is 16.5. The summed E-state index contributed by atoms with van der Waals surface area (Å²) in [4.78, 5) is 2.41. The first-order valence-electron chi connectivity index (χ1n) is 19.4. The van der Waals surface area contributed by atoms with Gasteiger partial charge in [0.05, 0.1) is 11.0 Å². The number of fused-ring (bicyclic) bond motifs is 6. The Bertz CT molecular complexity index is 2860. The monoisotopic (exact) mass is 850 g/mol. The molecule has 0 fully saturated rings. The third-order valence-electron chi connectivity index (χ3n) is 11.8. The van der Waals surface area contributed by atoms with Gasteiger partial charge < -0.3 is 9.47 Å². The fourth-order valence-electron chi connectivity index (χ4n) is 8.98. The Balaban J connectivity index is 1.07. The van der Waals surface area contributed by atoms with Crippen LogP contribution in [0.15, 0.2) is 179 Å². The molecule has 10 rings (SSSR count). The van der Waals surface area contributed by atoms with Crippen LogP contribution < -0.4 is 4.90 Å². The number of hydrogen-bond acceptors (Lipinski definition) is 1. The normalized spacial score (nSPS) is 15.8. The summed E-state index contributed by atoms with van der Waals surface area (Å²) in [7, 11) is 0. The van der Waals surface area contributed by atoms with Crippen molar-refractivity contribution in [2.45, 2.75) is 38.5 Å². The highest BCUT2D eigenvalue weighted by molar-refractivity contribution is 9.12. The highest BCUT2D eigenvalue weighted by atomic mass is 79.9. The van der Waals surface area contributed by atoms with Gasteiger partial charge in [0.1, 0.15) is 0 Å². The molecule has 0 saturated carbocycles. The molecule has 0 atom stereocenters. The lowest BCUT2D eigenvalue weighted by molar-refractivity contribution is 0.660. The van der Waals surface area contributed by atoms with Crippen LogP contribution in [0.25, 0.3) is 55.3 Å². The molecule has 0 radical (unpaired) electrons. The fourth-order valence-corrected chi connectivity index (χ4v) is 10.2. The van der Waals surface area contributed by atoms with E-state index in [-0.39, 0.29) is 5.41 Å². The number of halogens is 2. The number of nitrogens with zero attached hydrogens (tertiary/aromatic N) is 2. The minimum absolute atomic E-state index is 0.0891. The fraction of sp³-hybridized carbons (Fsp3) is 0.115. The maximum Gasteiger partial charge on any atom is 0.0544 e. The molecule has 0 N–H and O–H groups in total. The van der Waals surface area contributed by atoms with E-state index in [9.17, 15) is 0 Å². The van der Waals surface area contributed by atoms with Crippen LogP contribution in [0.1, 0.15) is 49.8 Å². The topological polar surface area (TPSA) is 8.17 Å². The van der Waals surface area contributed by atoms with Crippen LogP contribution in [0.3, 0.4) is 0 Å². The van der Waals surface area contributed by atoms with Gasteiger partial charge in [-0.1, -0.05) is 155 Å². The Morgan fingerprint density at radius 3 is 2.02 bits per heavy atom. The van der Waals surface area contributed by atoms with Gasteiger partial charge in [0.15, 0.2) is 0 Å². The molecule has 0 saturated heterocycles. The molecule has 0 unspecified atom stereocenters. The van der Waals surface area contributed by atoms with E-state index in [1.165, 1.54) is 72.0 Å². The molecule has 1 aromatic heterocycles. The maximum absolute atomic E-state index is 3.78. The van der Waals surface area contributed by atoms with E-state index >= 15 is 0 Å². The number of para-hydroxylation sites is 1. The van der Waals surface area contributed by atoms with Gasteiger partial charge in [-0.25, -0.2) is 0 Å². The van der Waals surface area contributed by atoms with Crippen molar-refractivity contribution < 1.29 is 0 Å². The number of allylic oxidation sites excluding steroid dienone is 10. The van der Waals surface area contributed by atoms with Crippen molar-refractivity contribution in [3.63, 3.8) is 0 Å². The van der Waals surface area contributed by atoms with E-state index in [1.54, 1.807) is 0 Å². The summed E-state index contributed by atoms with van der Waals surface area (Å²) in [6, 6.07) is 49.8. The van der Waals surface area contributed by atoms with Gasteiger partial charge in [-0.15, -0.1) is 0 Å². The van der Waals surface area contributed by atoms with E-state index in [1.807, 2.05) is 0 Å². The number of aromatic nitrogens is 1. The van der Waals surface area contributed by atoms with Crippen LogP contribution in [-0.2, 0) is 5.41 Å². The smallest absolute Gasteiger partial charge is 0.0544 e. The Labute approximate surface area is 345 Å². The minimum Gasteiger partial charge on any atom is -0.313 e. The molecule has 4 heteroatoms. The second-order valence-corrected chi connectivity index (χ2v) is 17.3. The Morgan fingerprint density at radius 1 is 0.554 bits per heavy atom. The third kappa shape index (κ3) is 5.98. The molecule has 3 aliphatic rings. The molecular weight excluding hydrogens is 812 g/mol. The zero-order chi connectivity index (χ0) is 38.0. The third-order valence-corrected chi connectivity index (χ3v) is 12.8. The number of anilines is 3. The summed E-state index contributed by atoms with van der Waals surface area (Å²) >= 11 is 7.48. The van der Waals surface area contributed by atoms with Crippen molar-refractivity contribution in [1.29, 1.82) is 0 Å². The maximum atomic E-state index is 3.78. The van der Waals surface area contributed by atoms with Gasteiger partial charge in [0.25, 0.3) is 0 Å². The lowest BCUT2D eigenvalue weighted by Gasteiger charge is -2.28. The quantitative estimate of drug-likeness (QED) is 0.162. The summed E-state index contributed by atoms with van der Waals surface area (Å²) in [5.74, 6) is 0. The lowest BCUT2D eigenvalue weighted by Crippen LogP contribution is -2.16. The van der Waals surface area contributed by atoms with Crippen LogP contribution >= 0.6 is 31.9 Å². The molecule has 0 spiro atoms. The second-order valence-electron chi connectivity index (χ2n) is 15.5. The van der Waals surface area contributed by atoms with Crippen molar-refractivity contribution in [2.24, 2.45) is 0 Å². The van der Waals surface area contributed by atoms with Crippen LogP contribution in [0, 0.1) is 0 Å². The van der Waals surface area contributed by atoms with Crippen LogP contribution in [0.2, 0.25) is 0 Å². The highest BCUT2D eigenvalue weighted by Crippen LogP contribution is 2.51. The van der Waals surface area contributed by atoms with Gasteiger partial charge in [-0.2, -0.15) is 0 Å².